The summed E-state index contributed by atoms with van der Waals surface area (Å²) in [5, 5.41) is 8.96. The van der Waals surface area contributed by atoms with Crippen molar-refractivity contribution >= 4 is 23.2 Å². The lowest BCUT2D eigenvalue weighted by Gasteiger charge is -2.31. The number of amides is 1. The molecule has 0 bridgehead atoms. The van der Waals surface area contributed by atoms with Crippen LogP contribution >= 0.6 is 11.3 Å². The molecule has 1 aliphatic rings. The molecule has 0 unspecified atom stereocenters. The minimum Gasteiger partial charge on any atom is -0.477 e. The number of carbonyl (C=O) groups is 2. The molecule has 126 valence electrons. The Balaban J connectivity index is 1.49. The van der Waals surface area contributed by atoms with Crippen molar-refractivity contribution in [3.8, 4) is 0 Å². The highest BCUT2D eigenvalue weighted by molar-refractivity contribution is 7.15. The SMILES string of the molecule is O=C(O)c1ccc(C(=O)N2CCC(CCc3ccccc3)CC2)s1. The average molecular weight is 343 g/mol. The van der Waals surface area contributed by atoms with E-state index in [0.29, 0.717) is 10.8 Å². The minimum atomic E-state index is -0.973. The largest absolute Gasteiger partial charge is 0.477 e. The first-order chi connectivity index (χ1) is 11.6. The second kappa shape index (κ2) is 7.62. The van der Waals surface area contributed by atoms with Gasteiger partial charge in [-0.1, -0.05) is 30.3 Å². The summed E-state index contributed by atoms with van der Waals surface area (Å²) in [6, 6.07) is 13.6. The molecule has 4 nitrogen and oxygen atoms in total. The molecule has 24 heavy (non-hydrogen) atoms. The molecule has 5 heteroatoms. The fourth-order valence-corrected chi connectivity index (χ4v) is 3.98. The Hall–Kier alpha value is -2.14. The molecule has 0 aliphatic carbocycles. The van der Waals surface area contributed by atoms with Crippen molar-refractivity contribution in [1.82, 2.24) is 4.90 Å². The van der Waals surface area contributed by atoms with Crippen molar-refractivity contribution in [3.05, 3.63) is 57.8 Å². The molecule has 0 spiro atoms. The van der Waals surface area contributed by atoms with E-state index >= 15 is 0 Å². The number of aromatic carboxylic acids is 1. The van der Waals surface area contributed by atoms with Gasteiger partial charge >= 0.3 is 5.97 Å². The highest BCUT2D eigenvalue weighted by atomic mass is 32.1. The zero-order chi connectivity index (χ0) is 16.9. The number of hydrogen-bond acceptors (Lipinski definition) is 3. The lowest BCUT2D eigenvalue weighted by Crippen LogP contribution is -2.38. The molecular weight excluding hydrogens is 322 g/mol. The normalized spacial score (nSPS) is 15.4. The van der Waals surface area contributed by atoms with Crippen LogP contribution < -0.4 is 0 Å². The molecule has 0 atom stereocenters. The number of aryl methyl sites for hydroxylation is 1. The summed E-state index contributed by atoms with van der Waals surface area (Å²) in [5.41, 5.74) is 1.37. The molecule has 2 aromatic rings. The molecule has 1 aromatic carbocycles. The fourth-order valence-electron chi connectivity index (χ4n) is 3.16. The van der Waals surface area contributed by atoms with Gasteiger partial charge in [-0.15, -0.1) is 11.3 Å². The Morgan fingerprint density at radius 2 is 1.71 bits per heavy atom. The zero-order valence-electron chi connectivity index (χ0n) is 13.5. The van der Waals surface area contributed by atoms with Gasteiger partial charge in [0, 0.05) is 13.1 Å². The smallest absolute Gasteiger partial charge is 0.345 e. The first-order valence-electron chi connectivity index (χ1n) is 8.30. The number of nitrogens with zero attached hydrogens (tertiary/aromatic N) is 1. The van der Waals surface area contributed by atoms with E-state index in [1.54, 1.807) is 6.07 Å². The van der Waals surface area contributed by atoms with Gasteiger partial charge in [0.05, 0.1) is 4.88 Å². The molecular formula is C19H21NO3S. The van der Waals surface area contributed by atoms with Gasteiger partial charge in [-0.3, -0.25) is 4.79 Å². The third-order valence-corrected chi connectivity index (χ3v) is 5.67. The van der Waals surface area contributed by atoms with Crippen molar-refractivity contribution in [3.63, 3.8) is 0 Å². The Morgan fingerprint density at radius 1 is 1.04 bits per heavy atom. The lowest BCUT2D eigenvalue weighted by atomic mass is 9.90. The number of carbonyl (C=O) groups excluding carboxylic acids is 1. The second-order valence-electron chi connectivity index (χ2n) is 6.23. The summed E-state index contributed by atoms with van der Waals surface area (Å²) in [6.45, 7) is 1.52. The highest BCUT2D eigenvalue weighted by Gasteiger charge is 2.25. The minimum absolute atomic E-state index is 0.0333. The average Bonchev–Trinajstić information content (AvgIpc) is 3.11. The van der Waals surface area contributed by atoms with E-state index in [4.69, 9.17) is 5.11 Å². The number of hydrogen-bond donors (Lipinski definition) is 1. The maximum Gasteiger partial charge on any atom is 0.345 e. The molecule has 1 amide bonds. The van der Waals surface area contributed by atoms with Gasteiger partial charge in [0.2, 0.25) is 0 Å². The first-order valence-corrected chi connectivity index (χ1v) is 9.11. The zero-order valence-corrected chi connectivity index (χ0v) is 14.3. The maximum absolute atomic E-state index is 12.5. The van der Waals surface area contributed by atoms with Gasteiger partial charge in [0.1, 0.15) is 4.88 Å². The van der Waals surface area contributed by atoms with Gasteiger partial charge < -0.3 is 10.0 Å². The summed E-state index contributed by atoms with van der Waals surface area (Å²) < 4.78 is 0. The number of thiophene rings is 1. The van der Waals surface area contributed by atoms with Gasteiger partial charge in [0.25, 0.3) is 5.91 Å². The number of piperidine rings is 1. The third-order valence-electron chi connectivity index (χ3n) is 4.61. The van der Waals surface area contributed by atoms with Crippen LogP contribution in [0.3, 0.4) is 0 Å². The summed E-state index contributed by atoms with van der Waals surface area (Å²) in [4.78, 5) is 26.0. The predicted molar refractivity (Wildman–Crippen MR) is 94.7 cm³/mol. The van der Waals surface area contributed by atoms with E-state index < -0.39 is 5.97 Å². The monoisotopic (exact) mass is 343 g/mol. The molecule has 1 aliphatic heterocycles. The Kier molecular flexibility index (Phi) is 5.30. The van der Waals surface area contributed by atoms with Crippen LogP contribution in [0.25, 0.3) is 0 Å². The molecule has 1 saturated heterocycles. The number of carboxylic acid groups (broad SMARTS) is 1. The van der Waals surface area contributed by atoms with Crippen molar-refractivity contribution < 1.29 is 14.7 Å². The van der Waals surface area contributed by atoms with Gasteiger partial charge in [-0.25, -0.2) is 4.79 Å². The van der Waals surface area contributed by atoms with Crippen molar-refractivity contribution in [2.24, 2.45) is 5.92 Å². The van der Waals surface area contributed by atoms with E-state index in [2.05, 4.69) is 24.3 Å². The standard InChI is InChI=1S/C19H21NO3S/c21-18(16-8-9-17(24-16)19(22)23)20-12-10-15(11-13-20)7-6-14-4-2-1-3-5-14/h1-5,8-9,15H,6-7,10-13H2,(H,22,23). The van der Waals surface area contributed by atoms with Crippen LogP contribution in [0.4, 0.5) is 0 Å². The van der Waals surface area contributed by atoms with E-state index in [-0.39, 0.29) is 10.8 Å². The number of carboxylic acids is 1. The Labute approximate surface area is 145 Å². The van der Waals surface area contributed by atoms with Gasteiger partial charge in [-0.2, -0.15) is 0 Å². The van der Waals surface area contributed by atoms with E-state index in [1.165, 1.54) is 11.6 Å². The molecule has 1 aromatic heterocycles. The van der Waals surface area contributed by atoms with Crippen LogP contribution in [0.2, 0.25) is 0 Å². The van der Waals surface area contributed by atoms with E-state index in [9.17, 15) is 9.59 Å². The van der Waals surface area contributed by atoms with Crippen LogP contribution in [0.1, 0.15) is 44.2 Å². The molecule has 0 saturated carbocycles. The van der Waals surface area contributed by atoms with Crippen molar-refractivity contribution in [1.29, 1.82) is 0 Å². The van der Waals surface area contributed by atoms with Gasteiger partial charge in [-0.05, 0) is 49.3 Å². The van der Waals surface area contributed by atoms with Crippen LogP contribution in [-0.4, -0.2) is 35.0 Å². The number of likely N-dealkylation sites (tertiary alicyclic amines) is 1. The molecule has 0 radical (unpaired) electrons. The highest BCUT2D eigenvalue weighted by Crippen LogP contribution is 2.25. The summed E-state index contributed by atoms with van der Waals surface area (Å²) >= 11 is 1.06. The Bertz CT molecular complexity index is 702. The number of benzene rings is 1. The third kappa shape index (κ3) is 4.03. The van der Waals surface area contributed by atoms with Crippen molar-refractivity contribution in [2.75, 3.05) is 13.1 Å². The van der Waals surface area contributed by atoms with Crippen LogP contribution in [0.5, 0.6) is 0 Å². The predicted octanol–water partition coefficient (Wildman–Crippen LogP) is 3.93. The lowest BCUT2D eigenvalue weighted by molar-refractivity contribution is 0.0688. The Morgan fingerprint density at radius 3 is 2.33 bits per heavy atom. The van der Waals surface area contributed by atoms with E-state index in [0.717, 1.165) is 50.1 Å². The summed E-state index contributed by atoms with van der Waals surface area (Å²) in [7, 11) is 0. The second-order valence-corrected chi connectivity index (χ2v) is 7.31. The van der Waals surface area contributed by atoms with Crippen LogP contribution in [0.15, 0.2) is 42.5 Å². The summed E-state index contributed by atoms with van der Waals surface area (Å²) in [6.07, 6.45) is 4.30. The molecule has 1 fully saturated rings. The molecule has 1 N–H and O–H groups in total. The van der Waals surface area contributed by atoms with Crippen LogP contribution in [-0.2, 0) is 6.42 Å². The van der Waals surface area contributed by atoms with Crippen LogP contribution in [0, 0.1) is 5.92 Å². The number of rotatable bonds is 5. The molecule has 2 heterocycles. The summed E-state index contributed by atoms with van der Waals surface area (Å²) in [5.74, 6) is -0.347. The van der Waals surface area contributed by atoms with E-state index in [1.807, 2.05) is 11.0 Å². The first kappa shape index (κ1) is 16.7. The quantitative estimate of drug-likeness (QED) is 0.895. The van der Waals surface area contributed by atoms with Gasteiger partial charge in [0.15, 0.2) is 0 Å². The maximum atomic E-state index is 12.5. The topological polar surface area (TPSA) is 57.6 Å². The van der Waals surface area contributed by atoms with Crippen molar-refractivity contribution in [2.45, 2.75) is 25.7 Å². The molecule has 3 rings (SSSR count). The fraction of sp³-hybridized carbons (Fsp3) is 0.368.